The molecule has 0 saturated carbocycles. The highest BCUT2D eigenvalue weighted by atomic mass is 79.9. The van der Waals surface area contributed by atoms with E-state index in [0.29, 0.717) is 16.3 Å². The first-order valence-electron chi connectivity index (χ1n) is 2.79. The Morgan fingerprint density at radius 1 is 1.55 bits per heavy atom. The van der Waals surface area contributed by atoms with E-state index in [2.05, 4.69) is 15.9 Å². The summed E-state index contributed by atoms with van der Waals surface area (Å²) in [6, 6.07) is 5.21. The highest BCUT2D eigenvalue weighted by molar-refractivity contribution is 9.10. The summed E-state index contributed by atoms with van der Waals surface area (Å²) in [5, 5.41) is 8.96. The van der Waals surface area contributed by atoms with Crippen molar-refractivity contribution in [3.63, 3.8) is 0 Å². The molecular weight excluding hydrogens is 227 g/mol. The summed E-state index contributed by atoms with van der Waals surface area (Å²) in [5.41, 5.74) is 6.21. The third-order valence-corrected chi connectivity index (χ3v) is 1.99. The fraction of sp³-hybridized carbons (Fsp3) is 0. The van der Waals surface area contributed by atoms with E-state index >= 15 is 0 Å². The summed E-state index contributed by atoms with van der Waals surface area (Å²) in [4.78, 5) is 0. The zero-order valence-corrected chi connectivity index (χ0v) is 7.78. The molecule has 0 fully saturated rings. The Bertz CT molecular complexity index is 330. The average Bonchev–Trinajstić information content (AvgIpc) is 1.96. The van der Waals surface area contributed by atoms with Crippen molar-refractivity contribution >= 4 is 33.2 Å². The lowest BCUT2D eigenvalue weighted by Crippen LogP contribution is -1.90. The van der Waals surface area contributed by atoms with Crippen LogP contribution < -0.4 is 5.73 Å². The summed E-state index contributed by atoms with van der Waals surface area (Å²) < 4.78 is 0.758. The van der Waals surface area contributed by atoms with Crippen LogP contribution in [0.3, 0.4) is 0 Å². The molecule has 1 aromatic rings. The maximum Gasteiger partial charge on any atom is 0.101 e. The summed E-state index contributed by atoms with van der Waals surface area (Å²) in [6.07, 6.45) is 0. The van der Waals surface area contributed by atoms with Crippen LogP contribution in [0.25, 0.3) is 0 Å². The third kappa shape index (κ3) is 1.65. The Hall–Kier alpha value is -0.720. The van der Waals surface area contributed by atoms with Crippen molar-refractivity contribution in [2.75, 3.05) is 5.73 Å². The molecule has 0 unspecified atom stereocenters. The highest BCUT2D eigenvalue weighted by Crippen LogP contribution is 2.26. The first kappa shape index (κ1) is 8.38. The molecule has 0 spiro atoms. The van der Waals surface area contributed by atoms with E-state index in [1.165, 1.54) is 0 Å². The van der Waals surface area contributed by atoms with Crippen LogP contribution in [0.5, 0.6) is 0 Å². The van der Waals surface area contributed by atoms with Crippen molar-refractivity contribution in [2.45, 2.75) is 0 Å². The number of anilines is 1. The second-order valence-corrected chi connectivity index (χ2v) is 3.28. The molecule has 1 aromatic carbocycles. The summed E-state index contributed by atoms with van der Waals surface area (Å²) in [6.45, 7) is 0. The average molecular weight is 231 g/mol. The van der Waals surface area contributed by atoms with Crippen LogP contribution in [0.2, 0.25) is 5.02 Å². The molecule has 0 amide bonds. The highest BCUT2D eigenvalue weighted by Gasteiger charge is 2.03. The van der Waals surface area contributed by atoms with Crippen molar-refractivity contribution in [1.82, 2.24) is 0 Å². The number of benzene rings is 1. The van der Waals surface area contributed by atoms with Crippen LogP contribution in [0.4, 0.5) is 5.69 Å². The van der Waals surface area contributed by atoms with Gasteiger partial charge < -0.3 is 5.73 Å². The van der Waals surface area contributed by atoms with E-state index in [1.54, 1.807) is 12.1 Å². The lowest BCUT2D eigenvalue weighted by atomic mass is 10.2. The van der Waals surface area contributed by atoms with Crippen LogP contribution >= 0.6 is 27.5 Å². The molecule has 56 valence electrons. The predicted octanol–water partition coefficient (Wildman–Crippen LogP) is 2.56. The Morgan fingerprint density at radius 2 is 2.18 bits per heavy atom. The molecule has 11 heavy (non-hydrogen) atoms. The fourth-order valence-electron chi connectivity index (χ4n) is 0.677. The van der Waals surface area contributed by atoms with Gasteiger partial charge in [-0.05, 0) is 12.1 Å². The lowest BCUT2D eigenvalue weighted by Gasteiger charge is -1.99. The van der Waals surface area contributed by atoms with Gasteiger partial charge in [0.15, 0.2) is 0 Å². The number of nitrogens with zero attached hydrogens (tertiary/aromatic N) is 1. The zero-order valence-electron chi connectivity index (χ0n) is 5.44. The topological polar surface area (TPSA) is 49.8 Å². The van der Waals surface area contributed by atoms with Gasteiger partial charge in [-0.1, -0.05) is 27.5 Å². The van der Waals surface area contributed by atoms with Gasteiger partial charge in [0.05, 0.1) is 16.3 Å². The number of halogens is 2. The molecule has 0 aliphatic heterocycles. The summed E-state index contributed by atoms with van der Waals surface area (Å²) in [7, 11) is 0. The molecule has 0 aliphatic carbocycles. The molecule has 4 heteroatoms. The van der Waals surface area contributed by atoms with Gasteiger partial charge in [-0.2, -0.15) is 5.26 Å². The second-order valence-electron chi connectivity index (χ2n) is 1.96. The smallest absolute Gasteiger partial charge is 0.101 e. The standard InChI is InChI=1S/C7H4BrClN2/c8-5-1-4(3-10)7(11)6(9)2-5/h1-2H,11H2. The van der Waals surface area contributed by atoms with Crippen LogP contribution in [0.1, 0.15) is 5.56 Å². The predicted molar refractivity (Wildman–Crippen MR) is 48.3 cm³/mol. The van der Waals surface area contributed by atoms with Gasteiger partial charge in [-0.3, -0.25) is 0 Å². The molecule has 2 nitrogen and oxygen atoms in total. The molecule has 0 heterocycles. The van der Waals surface area contributed by atoms with E-state index in [0.717, 1.165) is 4.47 Å². The van der Waals surface area contributed by atoms with Crippen molar-refractivity contribution in [3.8, 4) is 6.07 Å². The van der Waals surface area contributed by atoms with Crippen LogP contribution in [-0.4, -0.2) is 0 Å². The van der Waals surface area contributed by atoms with Gasteiger partial charge in [0.25, 0.3) is 0 Å². The first-order chi connectivity index (χ1) is 5.15. The Labute approximate surface area is 77.7 Å². The maximum absolute atomic E-state index is 8.56. The minimum Gasteiger partial charge on any atom is -0.396 e. The number of hydrogen-bond acceptors (Lipinski definition) is 2. The molecule has 0 atom stereocenters. The third-order valence-electron chi connectivity index (χ3n) is 1.21. The van der Waals surface area contributed by atoms with Gasteiger partial charge in [0, 0.05) is 4.47 Å². The molecule has 0 saturated heterocycles. The van der Waals surface area contributed by atoms with Crippen molar-refractivity contribution in [3.05, 3.63) is 27.2 Å². The summed E-state index contributed by atoms with van der Waals surface area (Å²) >= 11 is 8.89. The minimum absolute atomic E-state index is 0.331. The number of hydrogen-bond donors (Lipinski definition) is 1. The Morgan fingerprint density at radius 3 is 2.73 bits per heavy atom. The van der Waals surface area contributed by atoms with E-state index in [1.807, 2.05) is 6.07 Å². The Kier molecular flexibility index (Phi) is 2.38. The number of nitrogens with two attached hydrogens (primary N) is 1. The Balaban J connectivity index is 3.39. The molecule has 2 N–H and O–H groups in total. The number of nitrogen functional groups attached to an aromatic ring is 1. The molecule has 0 bridgehead atoms. The molecule has 0 aliphatic rings. The zero-order chi connectivity index (χ0) is 8.43. The molecule has 0 radical (unpaired) electrons. The SMILES string of the molecule is N#Cc1cc(Br)cc(Cl)c1N. The fourth-order valence-corrected chi connectivity index (χ4v) is 1.49. The first-order valence-corrected chi connectivity index (χ1v) is 3.97. The number of nitriles is 1. The molecule has 0 aromatic heterocycles. The van der Waals surface area contributed by atoms with Gasteiger partial charge >= 0.3 is 0 Å². The van der Waals surface area contributed by atoms with Gasteiger partial charge in [-0.25, -0.2) is 0 Å². The van der Waals surface area contributed by atoms with E-state index < -0.39 is 0 Å². The van der Waals surface area contributed by atoms with E-state index in [-0.39, 0.29) is 0 Å². The van der Waals surface area contributed by atoms with Crippen molar-refractivity contribution < 1.29 is 0 Å². The van der Waals surface area contributed by atoms with Crippen molar-refractivity contribution in [2.24, 2.45) is 0 Å². The normalized spacial score (nSPS) is 9.18. The van der Waals surface area contributed by atoms with E-state index in [4.69, 9.17) is 22.6 Å². The minimum atomic E-state index is 0.331. The quantitative estimate of drug-likeness (QED) is 0.698. The molecular formula is C7H4BrClN2. The van der Waals surface area contributed by atoms with Gasteiger partial charge in [0.1, 0.15) is 6.07 Å². The monoisotopic (exact) mass is 230 g/mol. The molecule has 1 rings (SSSR count). The van der Waals surface area contributed by atoms with Gasteiger partial charge in [-0.15, -0.1) is 0 Å². The van der Waals surface area contributed by atoms with E-state index in [9.17, 15) is 0 Å². The lowest BCUT2D eigenvalue weighted by molar-refractivity contribution is 1.47. The van der Waals surface area contributed by atoms with Crippen molar-refractivity contribution in [1.29, 1.82) is 5.26 Å². The maximum atomic E-state index is 8.56. The van der Waals surface area contributed by atoms with Crippen LogP contribution in [0, 0.1) is 11.3 Å². The van der Waals surface area contributed by atoms with Gasteiger partial charge in [0.2, 0.25) is 0 Å². The summed E-state index contributed by atoms with van der Waals surface area (Å²) in [5.74, 6) is 0. The number of rotatable bonds is 0. The van der Waals surface area contributed by atoms with Crippen LogP contribution in [0.15, 0.2) is 16.6 Å². The largest absolute Gasteiger partial charge is 0.396 e. The van der Waals surface area contributed by atoms with Crippen LogP contribution in [-0.2, 0) is 0 Å². The second kappa shape index (κ2) is 3.12.